The van der Waals surface area contributed by atoms with Gasteiger partial charge in [-0.25, -0.2) is 0 Å². The zero-order valence-electron chi connectivity index (χ0n) is 11.5. The van der Waals surface area contributed by atoms with Crippen LogP contribution in [0.5, 0.6) is 0 Å². The van der Waals surface area contributed by atoms with E-state index in [0.29, 0.717) is 0 Å². The first-order valence-corrected chi connectivity index (χ1v) is 7.82. The van der Waals surface area contributed by atoms with Crippen LogP contribution >= 0.6 is 11.8 Å². The summed E-state index contributed by atoms with van der Waals surface area (Å²) in [6.07, 6.45) is 3.23. The quantitative estimate of drug-likeness (QED) is 0.809. The van der Waals surface area contributed by atoms with E-state index in [1.165, 1.54) is 18.2 Å². The second kappa shape index (κ2) is 5.13. The number of likely N-dealkylation sites (tertiary alicyclic amines) is 1. The number of benzene rings is 1. The molecule has 2 amide bonds. The summed E-state index contributed by atoms with van der Waals surface area (Å²) in [5, 5.41) is 2.86. The molecule has 1 saturated heterocycles. The van der Waals surface area contributed by atoms with E-state index >= 15 is 0 Å². The molecule has 4 nitrogen and oxygen atoms in total. The molecule has 5 heteroatoms. The maximum absolute atomic E-state index is 12.7. The molecule has 0 bridgehead atoms. The third-order valence-corrected chi connectivity index (χ3v) is 5.28. The Kier molecular flexibility index (Phi) is 3.46. The molecule has 2 aliphatic rings. The molecule has 1 fully saturated rings. The molecule has 0 spiro atoms. The number of fused-ring (bicyclic) bond motifs is 1. The maximum atomic E-state index is 12.7. The lowest BCUT2D eigenvalue weighted by molar-refractivity contribution is -0.138. The van der Waals surface area contributed by atoms with Crippen molar-refractivity contribution in [3.63, 3.8) is 0 Å². The molecule has 0 aliphatic carbocycles. The number of anilines is 1. The van der Waals surface area contributed by atoms with Crippen molar-refractivity contribution in [2.45, 2.75) is 35.8 Å². The Bertz CT molecular complexity index is 555. The number of para-hydroxylation sites is 1. The van der Waals surface area contributed by atoms with Crippen LogP contribution in [-0.4, -0.2) is 34.6 Å². The van der Waals surface area contributed by atoms with Crippen LogP contribution < -0.4 is 5.32 Å². The normalized spacial score (nSPS) is 25.9. The van der Waals surface area contributed by atoms with E-state index in [1.807, 2.05) is 29.2 Å². The van der Waals surface area contributed by atoms with Gasteiger partial charge in [0.15, 0.2) is 4.75 Å². The van der Waals surface area contributed by atoms with Gasteiger partial charge in [-0.2, -0.15) is 0 Å². The number of nitrogens with zero attached hydrogens (tertiary/aromatic N) is 1. The van der Waals surface area contributed by atoms with Gasteiger partial charge in [0.25, 0.3) is 0 Å². The highest BCUT2D eigenvalue weighted by Crippen LogP contribution is 2.43. The summed E-state index contributed by atoms with van der Waals surface area (Å²) in [6, 6.07) is 7.62. The van der Waals surface area contributed by atoms with Crippen LogP contribution in [0.2, 0.25) is 0 Å². The van der Waals surface area contributed by atoms with Crippen LogP contribution in [-0.2, 0) is 9.59 Å². The molecule has 2 aliphatic heterocycles. The van der Waals surface area contributed by atoms with Crippen molar-refractivity contribution in [2.24, 2.45) is 0 Å². The van der Waals surface area contributed by atoms with Gasteiger partial charge in [-0.1, -0.05) is 23.9 Å². The molecule has 106 valence electrons. The highest BCUT2D eigenvalue weighted by Gasteiger charge is 2.47. The van der Waals surface area contributed by atoms with Gasteiger partial charge in [-0.3, -0.25) is 9.59 Å². The van der Waals surface area contributed by atoms with Crippen LogP contribution in [0.4, 0.5) is 5.69 Å². The third kappa shape index (κ3) is 2.20. The van der Waals surface area contributed by atoms with Crippen LogP contribution in [0.25, 0.3) is 0 Å². The van der Waals surface area contributed by atoms with E-state index in [4.69, 9.17) is 0 Å². The maximum Gasteiger partial charge on any atom is 0.250 e. The molecule has 3 rings (SSSR count). The Hall–Kier alpha value is -1.49. The molecular weight excluding hydrogens is 272 g/mol. The third-order valence-electron chi connectivity index (χ3n) is 3.93. The smallest absolute Gasteiger partial charge is 0.250 e. The minimum Gasteiger partial charge on any atom is -0.341 e. The molecule has 0 radical (unpaired) electrons. The van der Waals surface area contributed by atoms with Crippen molar-refractivity contribution in [2.75, 3.05) is 18.4 Å². The Morgan fingerprint density at radius 2 is 1.95 bits per heavy atom. The summed E-state index contributed by atoms with van der Waals surface area (Å²) >= 11 is 1.37. The number of hydrogen-bond donors (Lipinski definition) is 1. The van der Waals surface area contributed by atoms with Crippen molar-refractivity contribution in [1.29, 1.82) is 0 Å². The van der Waals surface area contributed by atoms with Crippen LogP contribution in [0.1, 0.15) is 26.2 Å². The fraction of sp³-hybridized carbons (Fsp3) is 0.467. The number of nitrogens with one attached hydrogen (secondary N) is 1. The number of hydrogen-bond acceptors (Lipinski definition) is 3. The average Bonchev–Trinajstić information content (AvgIpc) is 2.48. The van der Waals surface area contributed by atoms with Gasteiger partial charge in [0.1, 0.15) is 0 Å². The summed E-state index contributed by atoms with van der Waals surface area (Å²) in [4.78, 5) is 27.9. The lowest BCUT2D eigenvalue weighted by Crippen LogP contribution is -2.54. The van der Waals surface area contributed by atoms with Gasteiger partial charge < -0.3 is 10.2 Å². The Balaban J connectivity index is 1.88. The summed E-state index contributed by atoms with van der Waals surface area (Å²) in [5.74, 6) is -0.272. The number of amides is 2. The molecule has 2 heterocycles. The number of carbonyl (C=O) groups excluding carboxylic acids is 2. The first kappa shape index (κ1) is 13.5. The monoisotopic (exact) mass is 290 g/mol. The molecule has 20 heavy (non-hydrogen) atoms. The van der Waals surface area contributed by atoms with E-state index < -0.39 is 4.75 Å². The average molecular weight is 290 g/mol. The Morgan fingerprint density at radius 3 is 2.70 bits per heavy atom. The van der Waals surface area contributed by atoms with Crippen molar-refractivity contribution < 1.29 is 9.59 Å². The van der Waals surface area contributed by atoms with E-state index in [9.17, 15) is 9.59 Å². The van der Waals surface area contributed by atoms with Crippen molar-refractivity contribution in [1.82, 2.24) is 4.90 Å². The number of piperidine rings is 1. The molecule has 1 aromatic carbocycles. The topological polar surface area (TPSA) is 49.4 Å². The largest absolute Gasteiger partial charge is 0.341 e. The summed E-state index contributed by atoms with van der Waals surface area (Å²) in [7, 11) is 0. The highest BCUT2D eigenvalue weighted by molar-refractivity contribution is 8.02. The van der Waals surface area contributed by atoms with Gasteiger partial charge >= 0.3 is 0 Å². The highest BCUT2D eigenvalue weighted by atomic mass is 32.2. The van der Waals surface area contributed by atoms with Gasteiger partial charge in [0.05, 0.1) is 5.69 Å². The van der Waals surface area contributed by atoms with Gasteiger partial charge in [0.2, 0.25) is 11.8 Å². The van der Waals surface area contributed by atoms with E-state index in [1.54, 1.807) is 6.92 Å². The van der Waals surface area contributed by atoms with Crippen LogP contribution in [0.3, 0.4) is 0 Å². The first-order valence-electron chi connectivity index (χ1n) is 7.00. The zero-order chi connectivity index (χ0) is 14.2. The fourth-order valence-corrected chi connectivity index (χ4v) is 3.88. The van der Waals surface area contributed by atoms with Crippen LogP contribution in [0.15, 0.2) is 29.2 Å². The van der Waals surface area contributed by atoms with Gasteiger partial charge in [-0.05, 0) is 38.3 Å². The molecule has 1 aromatic rings. The van der Waals surface area contributed by atoms with Crippen molar-refractivity contribution in [3.05, 3.63) is 24.3 Å². The lowest BCUT2D eigenvalue weighted by Gasteiger charge is -2.37. The predicted octanol–water partition coefficient (Wildman–Crippen LogP) is 2.50. The van der Waals surface area contributed by atoms with E-state index in [-0.39, 0.29) is 11.8 Å². The minimum atomic E-state index is -1.05. The summed E-state index contributed by atoms with van der Waals surface area (Å²) < 4.78 is -1.05. The molecule has 1 atom stereocenters. The van der Waals surface area contributed by atoms with E-state index in [2.05, 4.69) is 5.32 Å². The van der Waals surface area contributed by atoms with Gasteiger partial charge in [-0.15, -0.1) is 0 Å². The zero-order valence-corrected chi connectivity index (χ0v) is 12.3. The van der Waals surface area contributed by atoms with Crippen LogP contribution in [0, 0.1) is 0 Å². The van der Waals surface area contributed by atoms with Crippen molar-refractivity contribution >= 4 is 29.3 Å². The SMILES string of the molecule is C[C@]1(C(=O)N2CCCCC2)Sc2ccccc2NC1=O. The fourth-order valence-electron chi connectivity index (χ4n) is 2.71. The predicted molar refractivity (Wildman–Crippen MR) is 79.8 cm³/mol. The number of thioether (sulfide) groups is 1. The number of carbonyl (C=O) groups is 2. The Labute approximate surface area is 122 Å². The van der Waals surface area contributed by atoms with E-state index in [0.717, 1.165) is 36.5 Å². The number of rotatable bonds is 1. The lowest BCUT2D eigenvalue weighted by atomic mass is 10.0. The molecule has 0 aromatic heterocycles. The summed E-state index contributed by atoms with van der Waals surface area (Å²) in [6.45, 7) is 3.27. The summed E-state index contributed by atoms with van der Waals surface area (Å²) in [5.41, 5.74) is 0.798. The Morgan fingerprint density at radius 1 is 1.25 bits per heavy atom. The second-order valence-electron chi connectivity index (χ2n) is 5.44. The molecule has 1 N–H and O–H groups in total. The molecular formula is C15H18N2O2S. The second-order valence-corrected chi connectivity index (χ2v) is 6.90. The minimum absolute atomic E-state index is 0.0609. The standard InChI is InChI=1S/C15H18N2O2S/c1-15(14(19)17-9-5-2-6-10-17)13(18)16-11-7-3-4-8-12(11)20-15/h3-4,7-8H,2,5-6,9-10H2,1H3,(H,16,18)/t15-/m0/s1. The molecule has 0 unspecified atom stereocenters. The van der Waals surface area contributed by atoms with Gasteiger partial charge in [0, 0.05) is 18.0 Å². The first-order chi connectivity index (χ1) is 9.61. The molecule has 0 saturated carbocycles. The van der Waals surface area contributed by atoms with Crippen molar-refractivity contribution in [3.8, 4) is 0 Å².